The van der Waals surface area contributed by atoms with Crippen LogP contribution in [0.25, 0.3) is 0 Å². The number of ether oxygens (including phenoxy) is 2. The summed E-state index contributed by atoms with van der Waals surface area (Å²) in [5, 5.41) is 11.0. The van der Waals surface area contributed by atoms with Crippen molar-refractivity contribution in [2.45, 2.75) is 5.88 Å². The summed E-state index contributed by atoms with van der Waals surface area (Å²) in [4.78, 5) is 10.4. The van der Waals surface area contributed by atoms with E-state index in [0.29, 0.717) is 11.3 Å². The van der Waals surface area contributed by atoms with Gasteiger partial charge >= 0.3 is 5.69 Å². The number of nitrogens with zero attached hydrogens (tertiary/aromatic N) is 1. The van der Waals surface area contributed by atoms with Gasteiger partial charge in [-0.3, -0.25) is 10.1 Å². The predicted molar refractivity (Wildman–Crippen MR) is 75.7 cm³/mol. The number of nitro groups is 1. The lowest BCUT2D eigenvalue weighted by molar-refractivity contribution is -0.385. The minimum atomic E-state index is -0.571. The van der Waals surface area contributed by atoms with E-state index in [-0.39, 0.29) is 23.1 Å². The van der Waals surface area contributed by atoms with Crippen LogP contribution in [0.15, 0.2) is 36.4 Å². The monoisotopic (exact) mass is 311 g/mol. The highest BCUT2D eigenvalue weighted by Gasteiger charge is 2.18. The Balaban J connectivity index is 2.45. The molecule has 0 atom stereocenters. The SMILES string of the molecule is COc1ccc([N+](=O)[O-])c(Oc2ccc(F)cc2CCl)c1. The number of halogens is 2. The van der Waals surface area contributed by atoms with Crippen molar-refractivity contribution in [3.63, 3.8) is 0 Å². The molecule has 5 nitrogen and oxygen atoms in total. The van der Waals surface area contributed by atoms with Crippen LogP contribution in [-0.2, 0) is 5.88 Å². The maximum atomic E-state index is 13.2. The van der Waals surface area contributed by atoms with Crippen molar-refractivity contribution in [1.29, 1.82) is 0 Å². The fraction of sp³-hybridized carbons (Fsp3) is 0.143. The number of benzene rings is 2. The molecule has 2 aromatic carbocycles. The van der Waals surface area contributed by atoms with Crippen LogP contribution in [0.3, 0.4) is 0 Å². The van der Waals surface area contributed by atoms with Crippen molar-refractivity contribution in [1.82, 2.24) is 0 Å². The van der Waals surface area contributed by atoms with Gasteiger partial charge in [0.2, 0.25) is 5.75 Å². The Labute approximate surface area is 125 Å². The number of nitro benzene ring substituents is 1. The van der Waals surface area contributed by atoms with E-state index >= 15 is 0 Å². The van der Waals surface area contributed by atoms with Gasteiger partial charge in [-0.2, -0.15) is 0 Å². The van der Waals surface area contributed by atoms with Gasteiger partial charge in [-0.05, 0) is 24.3 Å². The molecule has 0 unspecified atom stereocenters. The lowest BCUT2D eigenvalue weighted by Gasteiger charge is -2.11. The van der Waals surface area contributed by atoms with Crippen molar-refractivity contribution < 1.29 is 18.8 Å². The molecule has 0 spiro atoms. The molecule has 110 valence electrons. The minimum absolute atomic E-state index is 0.00248. The van der Waals surface area contributed by atoms with E-state index in [9.17, 15) is 14.5 Å². The molecule has 0 aliphatic rings. The zero-order chi connectivity index (χ0) is 15.4. The zero-order valence-corrected chi connectivity index (χ0v) is 11.8. The first-order valence-corrected chi connectivity index (χ1v) is 6.43. The summed E-state index contributed by atoms with van der Waals surface area (Å²) < 4.78 is 23.7. The molecule has 0 saturated carbocycles. The van der Waals surface area contributed by atoms with Gasteiger partial charge in [0.15, 0.2) is 0 Å². The second-order valence-corrected chi connectivity index (χ2v) is 4.35. The fourth-order valence-corrected chi connectivity index (χ4v) is 1.93. The smallest absolute Gasteiger partial charge is 0.311 e. The summed E-state index contributed by atoms with van der Waals surface area (Å²) in [6.45, 7) is 0. The van der Waals surface area contributed by atoms with Crippen molar-refractivity contribution >= 4 is 17.3 Å². The van der Waals surface area contributed by atoms with E-state index in [1.807, 2.05) is 0 Å². The highest BCUT2D eigenvalue weighted by atomic mass is 35.5. The fourth-order valence-electron chi connectivity index (χ4n) is 1.72. The average molecular weight is 312 g/mol. The first-order valence-electron chi connectivity index (χ1n) is 5.90. The summed E-state index contributed by atoms with van der Waals surface area (Å²) in [6.07, 6.45) is 0. The molecule has 0 radical (unpaired) electrons. The first-order chi connectivity index (χ1) is 10.0. The molecule has 0 N–H and O–H groups in total. The second kappa shape index (κ2) is 6.41. The highest BCUT2D eigenvalue weighted by Crippen LogP contribution is 2.36. The molecule has 2 aromatic rings. The standard InChI is InChI=1S/C14H11ClFNO4/c1-20-11-3-4-12(17(18)19)14(7-11)21-13-5-2-10(16)6-9(13)8-15/h2-7H,8H2,1H3. The van der Waals surface area contributed by atoms with E-state index < -0.39 is 10.7 Å². The Hall–Kier alpha value is -2.34. The number of rotatable bonds is 5. The van der Waals surface area contributed by atoms with Crippen LogP contribution in [0, 0.1) is 15.9 Å². The van der Waals surface area contributed by atoms with Crippen LogP contribution in [0.1, 0.15) is 5.56 Å². The molecular weight excluding hydrogens is 301 g/mol. The molecule has 0 heterocycles. The van der Waals surface area contributed by atoms with Gasteiger partial charge < -0.3 is 9.47 Å². The van der Waals surface area contributed by atoms with Crippen molar-refractivity contribution in [3.05, 3.63) is 57.9 Å². The summed E-state index contributed by atoms with van der Waals surface area (Å²) in [5.41, 5.74) is 0.175. The Bertz CT molecular complexity index is 678. The van der Waals surface area contributed by atoms with E-state index in [2.05, 4.69) is 0 Å². The van der Waals surface area contributed by atoms with Gasteiger partial charge in [0.1, 0.15) is 17.3 Å². The van der Waals surface area contributed by atoms with E-state index in [1.54, 1.807) is 0 Å². The van der Waals surface area contributed by atoms with E-state index in [4.69, 9.17) is 21.1 Å². The quantitative estimate of drug-likeness (QED) is 0.470. The van der Waals surface area contributed by atoms with E-state index in [1.165, 1.54) is 43.5 Å². The second-order valence-electron chi connectivity index (χ2n) is 4.08. The Morgan fingerprint density at radius 1 is 1.24 bits per heavy atom. The maximum absolute atomic E-state index is 13.2. The largest absolute Gasteiger partial charge is 0.497 e. The average Bonchev–Trinajstić information content (AvgIpc) is 2.48. The minimum Gasteiger partial charge on any atom is -0.497 e. The van der Waals surface area contributed by atoms with Crippen molar-refractivity contribution in [2.24, 2.45) is 0 Å². The summed E-state index contributed by atoms with van der Waals surface area (Å²) >= 11 is 5.73. The highest BCUT2D eigenvalue weighted by molar-refractivity contribution is 6.17. The first kappa shape index (κ1) is 15.1. The van der Waals surface area contributed by atoms with Gasteiger partial charge in [0, 0.05) is 17.7 Å². The summed E-state index contributed by atoms with van der Waals surface area (Å²) in [5.74, 6) is 0.216. The molecule has 0 amide bonds. The molecule has 0 aromatic heterocycles. The third-order valence-electron chi connectivity index (χ3n) is 2.75. The maximum Gasteiger partial charge on any atom is 0.311 e. The van der Waals surface area contributed by atoms with Crippen LogP contribution in [-0.4, -0.2) is 12.0 Å². The normalized spacial score (nSPS) is 10.2. The van der Waals surface area contributed by atoms with Crippen LogP contribution in [0.4, 0.5) is 10.1 Å². The van der Waals surface area contributed by atoms with Crippen LogP contribution < -0.4 is 9.47 Å². The number of alkyl halides is 1. The number of hydrogen-bond donors (Lipinski definition) is 0. The van der Waals surface area contributed by atoms with Gasteiger partial charge in [0.25, 0.3) is 0 Å². The molecule has 2 rings (SSSR count). The number of hydrogen-bond acceptors (Lipinski definition) is 4. The van der Waals surface area contributed by atoms with Gasteiger partial charge in [-0.15, -0.1) is 11.6 Å². The van der Waals surface area contributed by atoms with Crippen molar-refractivity contribution in [2.75, 3.05) is 7.11 Å². The van der Waals surface area contributed by atoms with E-state index in [0.717, 1.165) is 0 Å². The Morgan fingerprint density at radius 2 is 2.00 bits per heavy atom. The van der Waals surface area contributed by atoms with Gasteiger partial charge in [-0.25, -0.2) is 4.39 Å². The van der Waals surface area contributed by atoms with Crippen LogP contribution in [0.2, 0.25) is 0 Å². The molecule has 21 heavy (non-hydrogen) atoms. The zero-order valence-electron chi connectivity index (χ0n) is 11.0. The lowest BCUT2D eigenvalue weighted by atomic mass is 10.2. The molecule has 0 aliphatic heterocycles. The molecule has 0 saturated heterocycles. The van der Waals surface area contributed by atoms with Gasteiger partial charge in [-0.1, -0.05) is 0 Å². The van der Waals surface area contributed by atoms with Gasteiger partial charge in [0.05, 0.1) is 17.9 Å². The predicted octanol–water partition coefficient (Wildman–Crippen LogP) is 4.27. The third-order valence-corrected chi connectivity index (χ3v) is 3.04. The lowest BCUT2D eigenvalue weighted by Crippen LogP contribution is -1.96. The van der Waals surface area contributed by atoms with Crippen LogP contribution in [0.5, 0.6) is 17.2 Å². The third kappa shape index (κ3) is 3.41. The number of methoxy groups -OCH3 is 1. The molecule has 0 bridgehead atoms. The molecule has 7 heteroatoms. The molecular formula is C14H11ClFNO4. The summed E-state index contributed by atoms with van der Waals surface area (Å²) in [7, 11) is 1.44. The summed E-state index contributed by atoms with van der Waals surface area (Å²) in [6, 6.07) is 7.90. The van der Waals surface area contributed by atoms with Crippen LogP contribution >= 0.6 is 11.6 Å². The van der Waals surface area contributed by atoms with Crippen molar-refractivity contribution in [3.8, 4) is 17.2 Å². The Kier molecular flexibility index (Phi) is 4.59. The molecule has 0 aliphatic carbocycles. The molecule has 0 fully saturated rings. The Morgan fingerprint density at radius 3 is 2.62 bits per heavy atom. The topological polar surface area (TPSA) is 61.6 Å².